The number of nitrogens with zero attached hydrogens (tertiary/aromatic N) is 4. The van der Waals surface area contributed by atoms with E-state index in [4.69, 9.17) is 4.74 Å². The van der Waals surface area contributed by atoms with Crippen molar-refractivity contribution in [1.82, 2.24) is 24.8 Å². The summed E-state index contributed by atoms with van der Waals surface area (Å²) in [7, 11) is 0. The molecule has 9 nitrogen and oxygen atoms in total. The van der Waals surface area contributed by atoms with Gasteiger partial charge in [0.05, 0.1) is 30.2 Å². The third kappa shape index (κ3) is 4.50. The summed E-state index contributed by atoms with van der Waals surface area (Å²) in [6.07, 6.45) is 6.04. The first kappa shape index (κ1) is 24.1. The summed E-state index contributed by atoms with van der Waals surface area (Å²) < 4.78 is 6.36. The van der Waals surface area contributed by atoms with E-state index in [1.807, 2.05) is 29.2 Å². The number of aromatic nitrogens is 3. The highest BCUT2D eigenvalue weighted by Crippen LogP contribution is 2.41. The number of hydrogen-bond acceptors (Lipinski definition) is 6. The Labute approximate surface area is 220 Å². The molecule has 0 radical (unpaired) electrons. The van der Waals surface area contributed by atoms with Crippen LogP contribution in [0, 0.1) is 0 Å². The van der Waals surface area contributed by atoms with Crippen LogP contribution in [0.1, 0.15) is 53.8 Å². The maximum Gasteiger partial charge on any atom is 0.272 e. The van der Waals surface area contributed by atoms with Gasteiger partial charge in [-0.3, -0.25) is 14.6 Å². The van der Waals surface area contributed by atoms with Gasteiger partial charge in [0, 0.05) is 49.2 Å². The first-order valence-corrected chi connectivity index (χ1v) is 12.9. The van der Waals surface area contributed by atoms with Gasteiger partial charge in [-0.25, -0.2) is 4.98 Å². The molecule has 2 aliphatic heterocycles. The fourth-order valence-corrected chi connectivity index (χ4v) is 5.18. The largest absolute Gasteiger partial charge is 0.455 e. The molecule has 2 saturated heterocycles. The quantitative estimate of drug-likeness (QED) is 0.396. The summed E-state index contributed by atoms with van der Waals surface area (Å²) in [6.45, 7) is 3.80. The molecular formula is C29H29N5O4. The molecule has 0 unspecified atom stereocenters. The number of likely N-dealkylation sites (tertiary alicyclic amines) is 2. The van der Waals surface area contributed by atoms with Gasteiger partial charge in [0.2, 0.25) is 5.91 Å². The first-order chi connectivity index (χ1) is 18.5. The van der Waals surface area contributed by atoms with Crippen molar-refractivity contribution in [3.05, 3.63) is 71.7 Å². The van der Waals surface area contributed by atoms with Gasteiger partial charge in [-0.05, 0) is 61.2 Å². The van der Waals surface area contributed by atoms with Gasteiger partial charge in [-0.15, -0.1) is 0 Å². The van der Waals surface area contributed by atoms with Crippen LogP contribution in [0.3, 0.4) is 0 Å². The third-order valence-corrected chi connectivity index (χ3v) is 7.38. The van der Waals surface area contributed by atoms with Crippen molar-refractivity contribution in [1.29, 1.82) is 0 Å². The zero-order valence-corrected chi connectivity index (χ0v) is 21.2. The normalized spacial score (nSPS) is 17.1. The number of rotatable bonds is 6. The molecule has 38 heavy (non-hydrogen) atoms. The van der Waals surface area contributed by atoms with Gasteiger partial charge in [-0.1, -0.05) is 6.07 Å². The molecule has 2 amide bonds. The minimum absolute atomic E-state index is 0.0365. The molecule has 5 heterocycles. The molecule has 3 aromatic heterocycles. The lowest BCUT2D eigenvalue weighted by molar-refractivity contribution is -0.129. The SMILES string of the molecule is CC(=O)N1CCC[C@@H]1c1cc2[nH]c(-c3ccc(CO)cn3)cc2cc1Oc1ccc(C(=O)N2CCC2)nc1. The van der Waals surface area contributed by atoms with E-state index in [0.29, 0.717) is 23.7 Å². The maximum absolute atomic E-state index is 12.5. The minimum atomic E-state index is -0.0964. The molecule has 194 valence electrons. The number of benzene rings is 1. The average Bonchev–Trinajstić information content (AvgIpc) is 3.55. The van der Waals surface area contributed by atoms with Crippen LogP contribution in [0.5, 0.6) is 11.5 Å². The van der Waals surface area contributed by atoms with E-state index in [9.17, 15) is 14.7 Å². The predicted molar refractivity (Wildman–Crippen MR) is 142 cm³/mol. The van der Waals surface area contributed by atoms with E-state index < -0.39 is 0 Å². The van der Waals surface area contributed by atoms with Crippen LogP contribution in [-0.2, 0) is 11.4 Å². The van der Waals surface area contributed by atoms with Crippen LogP contribution in [0.2, 0.25) is 0 Å². The van der Waals surface area contributed by atoms with E-state index >= 15 is 0 Å². The van der Waals surface area contributed by atoms with E-state index in [1.165, 1.54) is 0 Å². The summed E-state index contributed by atoms with van der Waals surface area (Å²) in [4.78, 5) is 40.8. The molecule has 2 aliphatic rings. The molecule has 1 atom stereocenters. The van der Waals surface area contributed by atoms with Gasteiger partial charge in [-0.2, -0.15) is 0 Å². The van der Waals surface area contributed by atoms with Crippen LogP contribution in [-0.4, -0.2) is 61.3 Å². The van der Waals surface area contributed by atoms with Crippen molar-refractivity contribution in [2.24, 2.45) is 0 Å². The van der Waals surface area contributed by atoms with Crippen molar-refractivity contribution in [3.63, 3.8) is 0 Å². The number of amides is 2. The number of pyridine rings is 2. The van der Waals surface area contributed by atoms with Crippen molar-refractivity contribution in [2.75, 3.05) is 19.6 Å². The molecule has 1 aromatic carbocycles. The summed E-state index contributed by atoms with van der Waals surface area (Å²) in [5.74, 6) is 1.14. The first-order valence-electron chi connectivity index (χ1n) is 12.9. The van der Waals surface area contributed by atoms with Gasteiger partial charge in [0.15, 0.2) is 0 Å². The Hall–Kier alpha value is -4.24. The second-order valence-corrected chi connectivity index (χ2v) is 9.87. The van der Waals surface area contributed by atoms with Crippen molar-refractivity contribution in [2.45, 2.75) is 38.8 Å². The molecule has 2 fully saturated rings. The molecule has 2 N–H and O–H groups in total. The molecule has 9 heteroatoms. The standard InChI is InChI=1S/C29H29N5O4/c1-18(36)34-11-2-4-27(34)22-14-25-20(12-26(32-25)23-7-5-19(17-35)15-30-23)13-28(22)38-21-6-8-24(31-16-21)29(37)33-9-3-10-33/h5-8,12-16,27,32,35H,2-4,9-11,17H2,1H3/t27-/m1/s1. The lowest BCUT2D eigenvalue weighted by atomic mass is 10.0. The van der Waals surface area contributed by atoms with Crippen LogP contribution in [0.25, 0.3) is 22.3 Å². The number of H-pyrrole nitrogens is 1. The second kappa shape index (κ2) is 9.90. The van der Waals surface area contributed by atoms with E-state index in [1.54, 1.807) is 36.4 Å². The summed E-state index contributed by atoms with van der Waals surface area (Å²) in [6, 6.07) is 13.1. The Bertz CT molecular complexity index is 1490. The highest BCUT2D eigenvalue weighted by molar-refractivity contribution is 5.93. The monoisotopic (exact) mass is 511 g/mol. The number of carbonyl (C=O) groups excluding carboxylic acids is 2. The number of aliphatic hydroxyl groups excluding tert-OH is 1. The summed E-state index contributed by atoms with van der Waals surface area (Å²) in [5, 5.41) is 10.3. The average molecular weight is 512 g/mol. The maximum atomic E-state index is 12.5. The van der Waals surface area contributed by atoms with Crippen LogP contribution in [0.4, 0.5) is 0 Å². The molecule has 0 aliphatic carbocycles. The van der Waals surface area contributed by atoms with Crippen molar-refractivity contribution in [3.8, 4) is 22.9 Å². The molecule has 4 aromatic rings. The predicted octanol–water partition coefficient (Wildman–Crippen LogP) is 4.44. The molecule has 0 spiro atoms. The minimum Gasteiger partial charge on any atom is -0.455 e. The summed E-state index contributed by atoms with van der Waals surface area (Å²) >= 11 is 0. The molecular weight excluding hydrogens is 482 g/mol. The lowest BCUT2D eigenvalue weighted by Crippen LogP contribution is -2.42. The summed E-state index contributed by atoms with van der Waals surface area (Å²) in [5.41, 5.74) is 4.60. The Morgan fingerprint density at radius 3 is 2.58 bits per heavy atom. The van der Waals surface area contributed by atoms with Gasteiger partial charge in [0.1, 0.15) is 17.2 Å². The van der Waals surface area contributed by atoms with Crippen LogP contribution >= 0.6 is 0 Å². The Balaban J connectivity index is 1.36. The van der Waals surface area contributed by atoms with Gasteiger partial charge < -0.3 is 24.6 Å². The van der Waals surface area contributed by atoms with Crippen LogP contribution in [0.15, 0.2) is 54.9 Å². The van der Waals surface area contributed by atoms with E-state index in [2.05, 4.69) is 21.0 Å². The fourth-order valence-electron chi connectivity index (χ4n) is 5.18. The number of aliphatic hydroxyl groups is 1. The molecule has 0 saturated carbocycles. The van der Waals surface area contributed by atoms with E-state index in [0.717, 1.165) is 65.8 Å². The molecule has 6 rings (SSSR count). The highest BCUT2D eigenvalue weighted by atomic mass is 16.5. The lowest BCUT2D eigenvalue weighted by Gasteiger charge is -2.30. The number of hydrogen-bond donors (Lipinski definition) is 2. The smallest absolute Gasteiger partial charge is 0.272 e. The second-order valence-electron chi connectivity index (χ2n) is 9.87. The Kier molecular flexibility index (Phi) is 6.29. The molecule has 0 bridgehead atoms. The number of aromatic amines is 1. The zero-order valence-electron chi connectivity index (χ0n) is 21.2. The Morgan fingerprint density at radius 1 is 1.05 bits per heavy atom. The number of fused-ring (bicyclic) bond motifs is 1. The van der Waals surface area contributed by atoms with Crippen LogP contribution < -0.4 is 4.74 Å². The topological polar surface area (TPSA) is 112 Å². The van der Waals surface area contributed by atoms with Crippen molar-refractivity contribution < 1.29 is 19.4 Å². The van der Waals surface area contributed by atoms with Gasteiger partial charge in [0.25, 0.3) is 5.91 Å². The Morgan fingerprint density at radius 2 is 1.92 bits per heavy atom. The van der Waals surface area contributed by atoms with Crippen molar-refractivity contribution >= 4 is 22.7 Å². The highest BCUT2D eigenvalue weighted by Gasteiger charge is 2.31. The fraction of sp³-hybridized carbons (Fsp3) is 0.310. The third-order valence-electron chi connectivity index (χ3n) is 7.38. The number of carbonyl (C=O) groups is 2. The number of ether oxygens (including phenoxy) is 1. The zero-order chi connectivity index (χ0) is 26.2. The number of nitrogens with one attached hydrogen (secondary N) is 1. The van der Waals surface area contributed by atoms with E-state index in [-0.39, 0.29) is 24.5 Å². The van der Waals surface area contributed by atoms with Gasteiger partial charge >= 0.3 is 0 Å².